The molecule has 2 aliphatic carbocycles. The lowest BCUT2D eigenvalue weighted by atomic mass is 9.70. The van der Waals surface area contributed by atoms with Crippen molar-refractivity contribution in [2.45, 2.75) is 5.41 Å². The molecule has 0 N–H and O–H groups in total. The highest BCUT2D eigenvalue weighted by Gasteiger charge is 2.51. The number of benzene rings is 5. The predicted molar refractivity (Wildman–Crippen MR) is 167 cm³/mol. The fraction of sp³-hybridized carbons (Fsp3) is 0.0256. The zero-order chi connectivity index (χ0) is 27.0. The lowest BCUT2D eigenvalue weighted by molar-refractivity contribution is 0.794. The van der Waals surface area contributed by atoms with Crippen LogP contribution in [0.25, 0.3) is 55.7 Å². The highest BCUT2D eigenvalue weighted by Crippen LogP contribution is 2.63. The van der Waals surface area contributed by atoms with Crippen LogP contribution in [0.1, 0.15) is 22.3 Å². The van der Waals surface area contributed by atoms with Crippen molar-refractivity contribution >= 4 is 11.0 Å². The Labute approximate surface area is 238 Å². The topological polar surface area (TPSA) is 25.8 Å². The Morgan fingerprint density at radius 1 is 0.439 bits per heavy atom. The highest BCUT2D eigenvalue weighted by atomic mass is 14.8. The quantitative estimate of drug-likeness (QED) is 0.227. The van der Waals surface area contributed by atoms with Gasteiger partial charge in [0.25, 0.3) is 0 Å². The van der Waals surface area contributed by atoms with Crippen molar-refractivity contribution in [1.29, 1.82) is 0 Å². The molecule has 190 valence electrons. The Bertz CT molecular complexity index is 2110. The van der Waals surface area contributed by atoms with Gasteiger partial charge in [-0.05, 0) is 73.8 Å². The molecule has 9 rings (SSSR count). The number of hydrogen-bond donors (Lipinski definition) is 0. The number of aromatic nitrogens is 2. The van der Waals surface area contributed by atoms with Crippen LogP contribution < -0.4 is 0 Å². The van der Waals surface area contributed by atoms with Gasteiger partial charge >= 0.3 is 0 Å². The standard InChI is InChI=1S/C39H24N2/c1-2-12-25(13-3-1)31-24-36(41-38-28(31)18-11-23-40-38)30-17-10-22-35-37(30)29-16-6-9-21-34(29)39(35)32-19-7-4-14-26(32)27-15-5-8-20-33(27)39/h1-24H. The smallest absolute Gasteiger partial charge is 0.160 e. The van der Waals surface area contributed by atoms with Crippen LogP contribution in [-0.4, -0.2) is 9.97 Å². The molecule has 0 bridgehead atoms. The Morgan fingerprint density at radius 3 is 1.76 bits per heavy atom. The summed E-state index contributed by atoms with van der Waals surface area (Å²) in [5, 5.41) is 1.06. The summed E-state index contributed by atoms with van der Waals surface area (Å²) in [5.74, 6) is 0. The predicted octanol–water partition coefficient (Wildman–Crippen LogP) is 9.31. The van der Waals surface area contributed by atoms with E-state index in [4.69, 9.17) is 9.97 Å². The maximum atomic E-state index is 5.17. The van der Waals surface area contributed by atoms with Gasteiger partial charge in [0.05, 0.1) is 11.1 Å². The Kier molecular flexibility index (Phi) is 4.57. The minimum absolute atomic E-state index is 0.369. The van der Waals surface area contributed by atoms with E-state index in [0.717, 1.165) is 33.4 Å². The number of nitrogens with zero attached hydrogens (tertiary/aromatic N) is 2. The average molecular weight is 521 g/mol. The maximum Gasteiger partial charge on any atom is 0.160 e. The van der Waals surface area contributed by atoms with Crippen molar-refractivity contribution in [2.24, 2.45) is 0 Å². The van der Waals surface area contributed by atoms with Crippen LogP contribution in [0.2, 0.25) is 0 Å². The molecule has 0 saturated heterocycles. The first-order valence-electron chi connectivity index (χ1n) is 14.1. The molecule has 2 aromatic heterocycles. The van der Waals surface area contributed by atoms with Gasteiger partial charge in [-0.1, -0.05) is 121 Å². The molecule has 0 aliphatic heterocycles. The van der Waals surface area contributed by atoms with Crippen LogP contribution >= 0.6 is 0 Å². The summed E-state index contributed by atoms with van der Waals surface area (Å²) < 4.78 is 0. The van der Waals surface area contributed by atoms with Crippen molar-refractivity contribution in [3.63, 3.8) is 0 Å². The van der Waals surface area contributed by atoms with E-state index in [-0.39, 0.29) is 5.41 Å². The third-order valence-corrected chi connectivity index (χ3v) is 8.97. The second-order valence-corrected chi connectivity index (χ2v) is 10.9. The molecule has 0 atom stereocenters. The first-order chi connectivity index (χ1) is 20.4. The summed E-state index contributed by atoms with van der Waals surface area (Å²) in [6.07, 6.45) is 1.83. The first kappa shape index (κ1) is 22.5. The van der Waals surface area contributed by atoms with Crippen molar-refractivity contribution in [3.05, 3.63) is 168 Å². The van der Waals surface area contributed by atoms with Gasteiger partial charge in [0.2, 0.25) is 0 Å². The zero-order valence-electron chi connectivity index (χ0n) is 22.3. The van der Waals surface area contributed by atoms with Crippen LogP contribution in [0, 0.1) is 0 Å². The molecular weight excluding hydrogens is 496 g/mol. The molecule has 7 aromatic rings. The van der Waals surface area contributed by atoms with E-state index < -0.39 is 0 Å². The van der Waals surface area contributed by atoms with Gasteiger partial charge in [0.1, 0.15) is 0 Å². The second-order valence-electron chi connectivity index (χ2n) is 10.9. The third kappa shape index (κ3) is 2.91. The van der Waals surface area contributed by atoms with E-state index in [9.17, 15) is 0 Å². The molecule has 41 heavy (non-hydrogen) atoms. The minimum atomic E-state index is -0.369. The lowest BCUT2D eigenvalue weighted by Gasteiger charge is -2.30. The van der Waals surface area contributed by atoms with Gasteiger partial charge in [0, 0.05) is 17.1 Å². The van der Waals surface area contributed by atoms with Crippen LogP contribution in [0.4, 0.5) is 0 Å². The van der Waals surface area contributed by atoms with Crippen LogP contribution in [0.3, 0.4) is 0 Å². The molecule has 0 unspecified atom stereocenters. The van der Waals surface area contributed by atoms with Gasteiger partial charge in [-0.25, -0.2) is 9.97 Å². The zero-order valence-corrected chi connectivity index (χ0v) is 22.3. The number of rotatable bonds is 2. The molecule has 0 fully saturated rings. The molecule has 2 heterocycles. The summed E-state index contributed by atoms with van der Waals surface area (Å²) in [5.41, 5.74) is 15.3. The Hall–Kier alpha value is -5.34. The second kappa shape index (κ2) is 8.33. The molecule has 1 spiro atoms. The number of fused-ring (bicyclic) bond motifs is 11. The lowest BCUT2D eigenvalue weighted by Crippen LogP contribution is -2.25. The molecule has 0 radical (unpaired) electrons. The van der Waals surface area contributed by atoms with Crippen LogP contribution in [-0.2, 0) is 5.41 Å². The SMILES string of the molecule is c1ccc(-c2cc(-c3cccc4c3-c3ccccc3C43c4ccccc4-c4ccccc43)nc3ncccc23)cc1. The minimum Gasteiger partial charge on any atom is -0.237 e. The van der Waals surface area contributed by atoms with Gasteiger partial charge in [-0.2, -0.15) is 0 Å². The normalized spacial score (nSPS) is 13.6. The molecule has 2 heteroatoms. The van der Waals surface area contributed by atoms with E-state index in [2.05, 4.69) is 133 Å². The van der Waals surface area contributed by atoms with E-state index in [0.29, 0.717) is 0 Å². The van der Waals surface area contributed by atoms with E-state index >= 15 is 0 Å². The van der Waals surface area contributed by atoms with Gasteiger partial charge < -0.3 is 0 Å². The van der Waals surface area contributed by atoms with Gasteiger partial charge in [-0.3, -0.25) is 0 Å². The molecule has 5 aromatic carbocycles. The van der Waals surface area contributed by atoms with Gasteiger partial charge in [-0.15, -0.1) is 0 Å². The molecule has 2 aliphatic rings. The van der Waals surface area contributed by atoms with Crippen molar-refractivity contribution in [1.82, 2.24) is 9.97 Å². The number of pyridine rings is 2. The molecular formula is C39H24N2. The van der Waals surface area contributed by atoms with Crippen molar-refractivity contribution in [3.8, 4) is 44.6 Å². The van der Waals surface area contributed by atoms with Crippen LogP contribution in [0.5, 0.6) is 0 Å². The van der Waals surface area contributed by atoms with Crippen molar-refractivity contribution in [2.75, 3.05) is 0 Å². The summed E-state index contributed by atoms with van der Waals surface area (Å²) >= 11 is 0. The first-order valence-corrected chi connectivity index (χ1v) is 14.1. The monoisotopic (exact) mass is 520 g/mol. The third-order valence-electron chi connectivity index (χ3n) is 8.97. The number of hydrogen-bond acceptors (Lipinski definition) is 2. The highest BCUT2D eigenvalue weighted by molar-refractivity contribution is 6.01. The van der Waals surface area contributed by atoms with Gasteiger partial charge in [0.15, 0.2) is 5.65 Å². The molecule has 2 nitrogen and oxygen atoms in total. The van der Waals surface area contributed by atoms with E-state index in [1.165, 1.54) is 44.5 Å². The molecule has 0 saturated carbocycles. The Morgan fingerprint density at radius 2 is 1.02 bits per heavy atom. The maximum absolute atomic E-state index is 5.17. The molecule has 0 amide bonds. The van der Waals surface area contributed by atoms with Crippen LogP contribution in [0.15, 0.2) is 146 Å². The average Bonchev–Trinajstić information content (AvgIpc) is 3.52. The van der Waals surface area contributed by atoms with E-state index in [1.54, 1.807) is 0 Å². The summed E-state index contributed by atoms with van der Waals surface area (Å²) in [4.78, 5) is 9.89. The fourth-order valence-electron chi connectivity index (χ4n) is 7.41. The largest absolute Gasteiger partial charge is 0.237 e. The summed E-state index contributed by atoms with van der Waals surface area (Å²) in [6.45, 7) is 0. The Balaban J connectivity index is 1.39. The summed E-state index contributed by atoms with van der Waals surface area (Å²) in [7, 11) is 0. The summed E-state index contributed by atoms with van der Waals surface area (Å²) in [6, 6.07) is 50.5. The fourth-order valence-corrected chi connectivity index (χ4v) is 7.41. The van der Waals surface area contributed by atoms with Crippen molar-refractivity contribution < 1.29 is 0 Å². The van der Waals surface area contributed by atoms with E-state index in [1.807, 2.05) is 12.3 Å².